The number of ether oxygens (including phenoxy) is 1. The Kier molecular flexibility index (Phi) is 3.98. The molecule has 0 saturated heterocycles. The zero-order valence-corrected chi connectivity index (χ0v) is 14.1. The summed E-state index contributed by atoms with van der Waals surface area (Å²) < 4.78 is 11.1. The minimum Gasteiger partial charge on any atom is -0.469 e. The molecule has 2 heterocycles. The largest absolute Gasteiger partial charge is 0.469 e. The Morgan fingerprint density at radius 2 is 1.78 bits per heavy atom. The lowest BCUT2D eigenvalue weighted by molar-refractivity contribution is 0.0742. The smallest absolute Gasteiger partial charge is 0.199 e. The molecule has 0 radical (unpaired) electrons. The van der Waals surface area contributed by atoms with Crippen molar-refractivity contribution in [3.05, 3.63) is 93.7 Å². The first-order valence-electron chi connectivity index (χ1n) is 8.28. The van der Waals surface area contributed by atoms with Gasteiger partial charge in [-0.2, -0.15) is 5.26 Å². The van der Waals surface area contributed by atoms with E-state index in [-0.39, 0.29) is 28.2 Å². The normalized spacial score (nSPS) is 18.9. The Bertz CT molecular complexity index is 1170. The van der Waals surface area contributed by atoms with E-state index in [0.717, 1.165) is 0 Å². The average molecular weight is 358 g/mol. The molecule has 0 aliphatic carbocycles. The molecule has 2 aromatic carbocycles. The van der Waals surface area contributed by atoms with Crippen molar-refractivity contribution in [3.8, 4) is 6.07 Å². The third-order valence-electron chi connectivity index (χ3n) is 4.61. The minimum atomic E-state index is -1.02. The summed E-state index contributed by atoms with van der Waals surface area (Å²) in [6, 6.07) is 17.3. The van der Waals surface area contributed by atoms with E-state index in [4.69, 9.17) is 14.9 Å². The third-order valence-corrected chi connectivity index (χ3v) is 4.61. The van der Waals surface area contributed by atoms with Crippen molar-refractivity contribution in [2.24, 2.45) is 11.7 Å². The molecule has 0 amide bonds. The van der Waals surface area contributed by atoms with E-state index < -0.39 is 12.0 Å². The minimum absolute atomic E-state index is 0.0152. The molecular weight excluding hydrogens is 344 g/mol. The second kappa shape index (κ2) is 6.46. The van der Waals surface area contributed by atoms with Gasteiger partial charge in [0.25, 0.3) is 0 Å². The van der Waals surface area contributed by atoms with Gasteiger partial charge >= 0.3 is 0 Å². The van der Waals surface area contributed by atoms with Gasteiger partial charge in [-0.25, -0.2) is 0 Å². The fraction of sp³-hybridized carbons (Fsp3) is 0.0952. The van der Waals surface area contributed by atoms with Crippen LogP contribution in [0.1, 0.15) is 22.0 Å². The predicted octanol–water partition coefficient (Wildman–Crippen LogP) is 3.06. The van der Waals surface area contributed by atoms with Gasteiger partial charge in [-0.3, -0.25) is 9.59 Å². The van der Waals surface area contributed by atoms with Gasteiger partial charge in [0, 0.05) is 5.56 Å². The van der Waals surface area contributed by atoms with Crippen molar-refractivity contribution < 1.29 is 13.9 Å². The van der Waals surface area contributed by atoms with Crippen LogP contribution in [-0.2, 0) is 4.74 Å². The fourth-order valence-electron chi connectivity index (χ4n) is 3.28. The van der Waals surface area contributed by atoms with Crippen LogP contribution in [0.15, 0.2) is 81.5 Å². The fourth-order valence-corrected chi connectivity index (χ4v) is 3.28. The van der Waals surface area contributed by atoms with Crippen molar-refractivity contribution in [2.75, 3.05) is 0 Å². The predicted molar refractivity (Wildman–Crippen MR) is 97.4 cm³/mol. The SMILES string of the molecule is N#CC1=C(N)O[C@H](c2coc3ccccc3c2=O)[C@@H]1C(=O)c1ccccc1. The van der Waals surface area contributed by atoms with E-state index in [2.05, 4.69) is 0 Å². The molecular formula is C21H14N2O4. The number of Topliss-reactive ketones (excluding diaryl/α,β-unsaturated/α-hetero) is 1. The van der Waals surface area contributed by atoms with Gasteiger partial charge in [-0.1, -0.05) is 42.5 Å². The van der Waals surface area contributed by atoms with Gasteiger partial charge in [0.2, 0.25) is 0 Å². The van der Waals surface area contributed by atoms with E-state index in [1.54, 1.807) is 54.6 Å². The molecule has 6 heteroatoms. The van der Waals surface area contributed by atoms with Gasteiger partial charge in [-0.15, -0.1) is 0 Å². The van der Waals surface area contributed by atoms with Gasteiger partial charge in [0.15, 0.2) is 17.1 Å². The first kappa shape index (κ1) is 16.6. The summed E-state index contributed by atoms with van der Waals surface area (Å²) in [6.07, 6.45) is 0.252. The van der Waals surface area contributed by atoms with E-state index in [9.17, 15) is 14.9 Å². The highest BCUT2D eigenvalue weighted by Crippen LogP contribution is 2.40. The molecule has 0 bridgehead atoms. The van der Waals surface area contributed by atoms with Crippen LogP contribution in [0.25, 0.3) is 11.0 Å². The van der Waals surface area contributed by atoms with Crippen LogP contribution in [0.5, 0.6) is 0 Å². The van der Waals surface area contributed by atoms with Crippen LogP contribution in [-0.4, -0.2) is 5.78 Å². The molecule has 0 saturated carbocycles. The van der Waals surface area contributed by atoms with Crippen LogP contribution in [0.2, 0.25) is 0 Å². The maximum atomic E-state index is 13.1. The highest BCUT2D eigenvalue weighted by molar-refractivity contribution is 6.01. The average Bonchev–Trinajstić information content (AvgIpc) is 3.04. The summed E-state index contributed by atoms with van der Waals surface area (Å²) in [4.78, 5) is 26.0. The summed E-state index contributed by atoms with van der Waals surface area (Å²) in [7, 11) is 0. The number of ketones is 1. The molecule has 1 aliphatic heterocycles. The van der Waals surface area contributed by atoms with E-state index in [0.29, 0.717) is 16.5 Å². The van der Waals surface area contributed by atoms with Crippen molar-refractivity contribution in [1.29, 1.82) is 5.26 Å². The number of nitriles is 1. The summed E-state index contributed by atoms with van der Waals surface area (Å²) in [6.45, 7) is 0. The van der Waals surface area contributed by atoms with Gasteiger partial charge in [0.1, 0.15) is 35.5 Å². The van der Waals surface area contributed by atoms with E-state index in [1.807, 2.05) is 6.07 Å². The van der Waals surface area contributed by atoms with Crippen LogP contribution in [0.4, 0.5) is 0 Å². The number of carbonyl (C=O) groups excluding carboxylic acids is 1. The number of rotatable bonds is 3. The molecule has 3 aromatic rings. The number of carbonyl (C=O) groups is 1. The molecule has 1 aliphatic rings. The number of nitrogens with two attached hydrogens (primary N) is 1. The summed E-state index contributed by atoms with van der Waals surface area (Å²) >= 11 is 0. The van der Waals surface area contributed by atoms with Crippen LogP contribution in [0.3, 0.4) is 0 Å². The third kappa shape index (κ3) is 2.66. The lowest BCUT2D eigenvalue weighted by atomic mass is 9.85. The molecule has 0 fully saturated rings. The topological polar surface area (TPSA) is 106 Å². The lowest BCUT2D eigenvalue weighted by Crippen LogP contribution is -2.25. The number of hydrogen-bond acceptors (Lipinski definition) is 6. The molecule has 2 atom stereocenters. The number of benzene rings is 2. The van der Waals surface area contributed by atoms with Crippen molar-refractivity contribution in [1.82, 2.24) is 0 Å². The van der Waals surface area contributed by atoms with Crippen LogP contribution in [0, 0.1) is 17.2 Å². The molecule has 0 spiro atoms. The molecule has 4 rings (SSSR count). The molecule has 2 N–H and O–H groups in total. The van der Waals surface area contributed by atoms with Crippen molar-refractivity contribution in [2.45, 2.75) is 6.10 Å². The van der Waals surface area contributed by atoms with Crippen molar-refractivity contribution >= 4 is 16.8 Å². The highest BCUT2D eigenvalue weighted by Gasteiger charge is 2.44. The Labute approximate surface area is 154 Å². The Hall–Kier alpha value is -3.85. The maximum absolute atomic E-state index is 13.1. The van der Waals surface area contributed by atoms with E-state index in [1.165, 1.54) is 6.26 Å². The Morgan fingerprint density at radius 3 is 2.52 bits per heavy atom. The monoisotopic (exact) mass is 358 g/mol. The van der Waals surface area contributed by atoms with Crippen molar-refractivity contribution in [3.63, 3.8) is 0 Å². The number of fused-ring (bicyclic) bond motifs is 1. The molecule has 0 unspecified atom stereocenters. The van der Waals surface area contributed by atoms with Crippen LogP contribution < -0.4 is 11.2 Å². The molecule has 1 aromatic heterocycles. The summed E-state index contributed by atoms with van der Waals surface area (Å²) in [5.41, 5.74) is 6.51. The first-order chi connectivity index (χ1) is 13.1. The standard InChI is InChI=1S/C21H14N2O4/c22-10-14-17(18(24)12-6-2-1-3-7-12)20(27-21(14)23)15-11-26-16-9-5-4-8-13(16)19(15)25/h1-9,11,17,20H,23H2/t17-,20+/m0/s1. The summed E-state index contributed by atoms with van der Waals surface area (Å²) in [5.74, 6) is -1.50. The number of nitrogens with zero attached hydrogens (tertiary/aromatic N) is 1. The Morgan fingerprint density at radius 1 is 1.07 bits per heavy atom. The zero-order chi connectivity index (χ0) is 19.0. The zero-order valence-electron chi connectivity index (χ0n) is 14.1. The number of hydrogen-bond donors (Lipinski definition) is 1. The van der Waals surface area contributed by atoms with E-state index >= 15 is 0 Å². The second-order valence-corrected chi connectivity index (χ2v) is 6.15. The highest BCUT2D eigenvalue weighted by atomic mass is 16.5. The van der Waals surface area contributed by atoms with Gasteiger partial charge in [-0.05, 0) is 12.1 Å². The quantitative estimate of drug-likeness (QED) is 0.721. The number of para-hydroxylation sites is 1. The van der Waals surface area contributed by atoms with Gasteiger partial charge in [0.05, 0.1) is 10.9 Å². The van der Waals surface area contributed by atoms with Gasteiger partial charge < -0.3 is 14.9 Å². The molecule has 27 heavy (non-hydrogen) atoms. The lowest BCUT2D eigenvalue weighted by Gasteiger charge is -2.18. The maximum Gasteiger partial charge on any atom is 0.199 e. The second-order valence-electron chi connectivity index (χ2n) is 6.15. The first-order valence-corrected chi connectivity index (χ1v) is 8.28. The Balaban J connectivity index is 1.85. The molecule has 132 valence electrons. The van der Waals surface area contributed by atoms with Crippen LogP contribution >= 0.6 is 0 Å². The summed E-state index contributed by atoms with van der Waals surface area (Å²) in [5, 5.41) is 9.86. The molecule has 6 nitrogen and oxygen atoms in total.